The summed E-state index contributed by atoms with van der Waals surface area (Å²) in [7, 11) is 1.84. The van der Waals surface area contributed by atoms with Crippen LogP contribution in [0.5, 0.6) is 0 Å². The molecule has 16 heavy (non-hydrogen) atoms. The first-order chi connectivity index (χ1) is 7.66. The molecule has 0 bridgehead atoms. The van der Waals surface area contributed by atoms with E-state index in [1.165, 1.54) is 0 Å². The number of carbonyl (C=O) groups is 1. The monoisotopic (exact) mass is 283 g/mol. The summed E-state index contributed by atoms with van der Waals surface area (Å²) in [6, 6.07) is 3.57. The van der Waals surface area contributed by atoms with Crippen LogP contribution in [0.1, 0.15) is 10.4 Å². The Balaban J connectivity index is 1.97. The molecule has 0 atom stereocenters. The Labute approximate surface area is 103 Å². The van der Waals surface area contributed by atoms with Gasteiger partial charge in [0, 0.05) is 38.8 Å². The van der Waals surface area contributed by atoms with Crippen LogP contribution in [0.25, 0.3) is 0 Å². The average Bonchev–Trinajstić information content (AvgIpc) is 2.23. The van der Waals surface area contributed by atoms with Gasteiger partial charge in [0.25, 0.3) is 5.91 Å². The number of amides is 1. The molecule has 2 heterocycles. The third-order valence-corrected chi connectivity index (χ3v) is 3.19. The molecule has 0 radical (unpaired) electrons. The maximum atomic E-state index is 12.0. The quantitative estimate of drug-likeness (QED) is 0.846. The van der Waals surface area contributed by atoms with Crippen molar-refractivity contribution < 1.29 is 4.79 Å². The molecule has 1 aromatic rings. The summed E-state index contributed by atoms with van der Waals surface area (Å²) >= 11 is 3.25. The number of rotatable bonds is 3. The average molecular weight is 284 g/mol. The Bertz CT molecular complexity index is 375. The minimum Gasteiger partial charge on any atom is -0.341 e. The van der Waals surface area contributed by atoms with E-state index in [2.05, 4.69) is 26.2 Å². The van der Waals surface area contributed by atoms with Gasteiger partial charge in [-0.05, 0) is 28.1 Å². The van der Waals surface area contributed by atoms with Crippen molar-refractivity contribution in [3.8, 4) is 0 Å². The van der Waals surface area contributed by atoms with Gasteiger partial charge in [-0.1, -0.05) is 0 Å². The number of pyridine rings is 1. The van der Waals surface area contributed by atoms with Crippen molar-refractivity contribution in [1.29, 1.82) is 0 Å². The Morgan fingerprint density at radius 2 is 2.38 bits per heavy atom. The van der Waals surface area contributed by atoms with E-state index in [9.17, 15) is 4.79 Å². The molecule has 4 nitrogen and oxygen atoms in total. The summed E-state index contributed by atoms with van der Waals surface area (Å²) in [6.45, 7) is 2.83. The van der Waals surface area contributed by atoms with Crippen LogP contribution in [-0.4, -0.2) is 42.5 Å². The molecule has 1 aliphatic rings. The second-order valence-electron chi connectivity index (χ2n) is 4.08. The standard InChI is InChI=1S/C11H14BrN3O/c1-15(7-8-4-13-5-8)11(16)9-2-3-10(12)14-6-9/h2-3,6,8,13H,4-5,7H2,1H3. The van der Waals surface area contributed by atoms with E-state index in [4.69, 9.17) is 0 Å². The molecule has 0 aromatic carbocycles. The third kappa shape index (κ3) is 2.59. The van der Waals surface area contributed by atoms with E-state index in [1.54, 1.807) is 23.2 Å². The summed E-state index contributed by atoms with van der Waals surface area (Å²) in [5, 5.41) is 3.20. The number of hydrogen-bond acceptors (Lipinski definition) is 3. The van der Waals surface area contributed by atoms with Crippen LogP contribution >= 0.6 is 15.9 Å². The predicted octanol–water partition coefficient (Wildman–Crippen LogP) is 1.14. The van der Waals surface area contributed by atoms with Crippen molar-refractivity contribution >= 4 is 21.8 Å². The van der Waals surface area contributed by atoms with Crippen molar-refractivity contribution in [2.24, 2.45) is 5.92 Å². The first kappa shape index (κ1) is 11.5. The maximum Gasteiger partial charge on any atom is 0.255 e. The lowest BCUT2D eigenvalue weighted by atomic mass is 10.0. The first-order valence-corrected chi connectivity index (χ1v) is 6.04. The highest BCUT2D eigenvalue weighted by Crippen LogP contribution is 2.10. The Morgan fingerprint density at radius 3 is 2.88 bits per heavy atom. The van der Waals surface area contributed by atoms with Gasteiger partial charge in [-0.3, -0.25) is 4.79 Å². The fraction of sp³-hybridized carbons (Fsp3) is 0.455. The van der Waals surface area contributed by atoms with Gasteiger partial charge in [0.05, 0.1) is 5.56 Å². The van der Waals surface area contributed by atoms with E-state index in [0.29, 0.717) is 11.5 Å². The highest BCUT2D eigenvalue weighted by atomic mass is 79.9. The fourth-order valence-corrected chi connectivity index (χ4v) is 1.91. The molecule has 1 fully saturated rings. The van der Waals surface area contributed by atoms with Gasteiger partial charge < -0.3 is 10.2 Å². The van der Waals surface area contributed by atoms with E-state index in [0.717, 1.165) is 24.2 Å². The van der Waals surface area contributed by atoms with Gasteiger partial charge in [0.15, 0.2) is 0 Å². The van der Waals surface area contributed by atoms with Gasteiger partial charge in [-0.15, -0.1) is 0 Å². The topological polar surface area (TPSA) is 45.2 Å². The molecule has 0 saturated carbocycles. The normalized spacial score (nSPS) is 15.6. The van der Waals surface area contributed by atoms with E-state index < -0.39 is 0 Å². The zero-order chi connectivity index (χ0) is 11.5. The molecular weight excluding hydrogens is 270 g/mol. The maximum absolute atomic E-state index is 12.0. The fourth-order valence-electron chi connectivity index (χ4n) is 1.67. The number of aromatic nitrogens is 1. The minimum absolute atomic E-state index is 0.0342. The highest BCUT2D eigenvalue weighted by molar-refractivity contribution is 9.10. The lowest BCUT2D eigenvalue weighted by Gasteiger charge is -2.31. The third-order valence-electron chi connectivity index (χ3n) is 2.72. The summed E-state index contributed by atoms with van der Waals surface area (Å²) in [5.41, 5.74) is 0.637. The van der Waals surface area contributed by atoms with Crippen LogP contribution in [0.3, 0.4) is 0 Å². The van der Waals surface area contributed by atoms with Gasteiger partial charge in [0.1, 0.15) is 4.60 Å². The van der Waals surface area contributed by atoms with Gasteiger partial charge in [-0.25, -0.2) is 4.98 Å². The van der Waals surface area contributed by atoms with Crippen LogP contribution in [0, 0.1) is 5.92 Å². The molecular formula is C11H14BrN3O. The van der Waals surface area contributed by atoms with Crippen LogP contribution in [-0.2, 0) is 0 Å². The number of nitrogens with zero attached hydrogens (tertiary/aromatic N) is 2. The highest BCUT2D eigenvalue weighted by Gasteiger charge is 2.21. The van der Waals surface area contributed by atoms with Gasteiger partial charge in [0.2, 0.25) is 0 Å². The second kappa shape index (κ2) is 4.93. The molecule has 86 valence electrons. The van der Waals surface area contributed by atoms with Crippen molar-refractivity contribution in [3.63, 3.8) is 0 Å². The van der Waals surface area contributed by atoms with Crippen LogP contribution < -0.4 is 5.32 Å². The molecule has 1 N–H and O–H groups in total. The van der Waals surface area contributed by atoms with Crippen LogP contribution in [0.4, 0.5) is 0 Å². The van der Waals surface area contributed by atoms with Crippen LogP contribution in [0.2, 0.25) is 0 Å². The summed E-state index contributed by atoms with van der Waals surface area (Å²) in [5.74, 6) is 0.629. The second-order valence-corrected chi connectivity index (χ2v) is 4.89. The summed E-state index contributed by atoms with van der Waals surface area (Å²) in [4.78, 5) is 17.8. The number of nitrogens with one attached hydrogen (secondary N) is 1. The molecule has 1 saturated heterocycles. The van der Waals surface area contributed by atoms with E-state index in [1.807, 2.05) is 7.05 Å². The molecule has 2 rings (SSSR count). The first-order valence-electron chi connectivity index (χ1n) is 5.24. The Morgan fingerprint density at radius 1 is 1.62 bits per heavy atom. The molecule has 1 aliphatic heterocycles. The van der Waals surface area contributed by atoms with E-state index in [-0.39, 0.29) is 5.91 Å². The summed E-state index contributed by atoms with van der Waals surface area (Å²) < 4.78 is 0.745. The molecule has 0 unspecified atom stereocenters. The molecule has 0 aliphatic carbocycles. The molecule has 1 amide bonds. The molecule has 1 aromatic heterocycles. The van der Waals surface area contributed by atoms with Gasteiger partial charge >= 0.3 is 0 Å². The zero-order valence-corrected chi connectivity index (χ0v) is 10.7. The SMILES string of the molecule is CN(CC1CNC1)C(=O)c1ccc(Br)nc1. The lowest BCUT2D eigenvalue weighted by Crippen LogP contribution is -2.48. The van der Waals surface area contributed by atoms with Crippen molar-refractivity contribution in [1.82, 2.24) is 15.2 Å². The smallest absolute Gasteiger partial charge is 0.255 e. The number of hydrogen-bond donors (Lipinski definition) is 1. The Kier molecular flexibility index (Phi) is 3.56. The number of halogens is 1. The summed E-state index contributed by atoms with van der Waals surface area (Å²) in [6.07, 6.45) is 1.60. The largest absolute Gasteiger partial charge is 0.341 e. The predicted molar refractivity (Wildman–Crippen MR) is 65.3 cm³/mol. The molecule has 5 heteroatoms. The zero-order valence-electron chi connectivity index (χ0n) is 9.11. The molecule has 0 spiro atoms. The van der Waals surface area contributed by atoms with Gasteiger partial charge in [-0.2, -0.15) is 0 Å². The van der Waals surface area contributed by atoms with Crippen molar-refractivity contribution in [2.75, 3.05) is 26.7 Å². The van der Waals surface area contributed by atoms with Crippen LogP contribution in [0.15, 0.2) is 22.9 Å². The Hall–Kier alpha value is -0.940. The van der Waals surface area contributed by atoms with Crippen molar-refractivity contribution in [3.05, 3.63) is 28.5 Å². The van der Waals surface area contributed by atoms with E-state index >= 15 is 0 Å². The van der Waals surface area contributed by atoms with Crippen molar-refractivity contribution in [2.45, 2.75) is 0 Å². The lowest BCUT2D eigenvalue weighted by molar-refractivity contribution is 0.0755. The number of carbonyl (C=O) groups excluding carboxylic acids is 1. The minimum atomic E-state index is 0.0342.